The first kappa shape index (κ1) is 9.77. The topological polar surface area (TPSA) is 18.5 Å². The standard InChI is InChI=1S/C8H10O2S2/c1-7-3-5-8(6-4-7)9-10-12-11-2/h3-6H,1-2H3. The van der Waals surface area contributed by atoms with Crippen LogP contribution in [0, 0.1) is 6.92 Å². The fourth-order valence-electron chi connectivity index (χ4n) is 0.675. The highest BCUT2D eigenvalue weighted by atomic mass is 33.1. The number of benzene rings is 1. The zero-order chi connectivity index (χ0) is 8.81. The zero-order valence-corrected chi connectivity index (χ0v) is 8.58. The molecule has 0 N–H and O–H groups in total. The summed E-state index contributed by atoms with van der Waals surface area (Å²) in [4.78, 5) is 4.94. The Labute approximate surface area is 80.2 Å². The fourth-order valence-corrected chi connectivity index (χ4v) is 1.09. The molecule has 0 aromatic heterocycles. The molecular weight excluding hydrogens is 192 g/mol. The third-order valence-electron chi connectivity index (χ3n) is 1.25. The Hall–Kier alpha value is -0.320. The average molecular weight is 202 g/mol. The second-order valence-electron chi connectivity index (χ2n) is 2.20. The minimum Gasteiger partial charge on any atom is -0.324 e. The second kappa shape index (κ2) is 5.35. The van der Waals surface area contributed by atoms with E-state index in [0.29, 0.717) is 0 Å². The normalized spacial score (nSPS) is 9.83. The highest BCUT2D eigenvalue weighted by molar-refractivity contribution is 8.74. The van der Waals surface area contributed by atoms with E-state index < -0.39 is 0 Å². The molecule has 1 aromatic carbocycles. The van der Waals surface area contributed by atoms with E-state index in [0.717, 1.165) is 5.75 Å². The van der Waals surface area contributed by atoms with Crippen LogP contribution in [0.25, 0.3) is 0 Å². The fraction of sp³-hybridized carbons (Fsp3) is 0.250. The predicted octanol–water partition coefficient (Wildman–Crippen LogP) is 3.23. The third kappa shape index (κ3) is 3.38. The van der Waals surface area contributed by atoms with Crippen LogP contribution in [0.15, 0.2) is 24.3 Å². The number of aryl methyl sites for hydroxylation is 1. The van der Waals surface area contributed by atoms with Crippen molar-refractivity contribution in [3.63, 3.8) is 0 Å². The molecule has 0 saturated heterocycles. The van der Waals surface area contributed by atoms with Crippen LogP contribution in [0.1, 0.15) is 5.56 Å². The molecule has 0 heterocycles. The SMILES string of the molecule is CSSOOc1ccc(C)cc1. The van der Waals surface area contributed by atoms with Crippen molar-refractivity contribution in [1.82, 2.24) is 0 Å². The predicted molar refractivity (Wildman–Crippen MR) is 54.0 cm³/mol. The minimum atomic E-state index is 0.724. The lowest BCUT2D eigenvalue weighted by molar-refractivity contribution is -0.0752. The minimum absolute atomic E-state index is 0.724. The molecule has 0 amide bonds. The second-order valence-corrected chi connectivity index (χ2v) is 4.21. The van der Waals surface area contributed by atoms with E-state index in [1.54, 1.807) is 0 Å². The highest BCUT2D eigenvalue weighted by Gasteiger charge is 1.93. The van der Waals surface area contributed by atoms with Crippen molar-refractivity contribution >= 4 is 21.9 Å². The van der Waals surface area contributed by atoms with Crippen LogP contribution in [0.5, 0.6) is 5.75 Å². The maximum Gasteiger partial charge on any atom is 0.166 e. The first-order valence-electron chi connectivity index (χ1n) is 3.43. The Morgan fingerprint density at radius 2 is 1.83 bits per heavy atom. The smallest absolute Gasteiger partial charge is 0.166 e. The van der Waals surface area contributed by atoms with E-state index in [1.807, 2.05) is 37.4 Å². The van der Waals surface area contributed by atoms with Crippen molar-refractivity contribution in [3.05, 3.63) is 29.8 Å². The molecule has 0 aliphatic rings. The van der Waals surface area contributed by atoms with Gasteiger partial charge in [0.25, 0.3) is 0 Å². The van der Waals surface area contributed by atoms with Crippen LogP contribution < -0.4 is 4.89 Å². The average Bonchev–Trinajstić information content (AvgIpc) is 2.09. The molecule has 12 heavy (non-hydrogen) atoms. The summed E-state index contributed by atoms with van der Waals surface area (Å²) >= 11 is 1.20. The van der Waals surface area contributed by atoms with Crippen LogP contribution in [0.4, 0.5) is 0 Å². The molecule has 0 saturated carbocycles. The van der Waals surface area contributed by atoms with Crippen LogP contribution >= 0.6 is 21.9 Å². The molecule has 0 unspecified atom stereocenters. The van der Waals surface area contributed by atoms with Crippen molar-refractivity contribution in [1.29, 1.82) is 0 Å². The number of hydrogen-bond donors (Lipinski definition) is 0. The molecule has 0 bridgehead atoms. The van der Waals surface area contributed by atoms with Gasteiger partial charge in [0.15, 0.2) is 5.75 Å². The maximum atomic E-state index is 4.94. The van der Waals surface area contributed by atoms with Gasteiger partial charge in [-0.3, -0.25) is 0 Å². The van der Waals surface area contributed by atoms with E-state index in [2.05, 4.69) is 0 Å². The molecular formula is C8H10O2S2. The van der Waals surface area contributed by atoms with Crippen molar-refractivity contribution < 1.29 is 9.22 Å². The maximum absolute atomic E-state index is 4.94. The summed E-state index contributed by atoms with van der Waals surface area (Å²) in [6.45, 7) is 2.03. The number of rotatable bonds is 4. The van der Waals surface area contributed by atoms with E-state index in [9.17, 15) is 0 Å². The molecule has 0 aliphatic heterocycles. The summed E-state index contributed by atoms with van der Waals surface area (Å²) in [7, 11) is 1.49. The molecule has 0 fully saturated rings. The van der Waals surface area contributed by atoms with Gasteiger partial charge in [-0.2, -0.15) is 0 Å². The lowest BCUT2D eigenvalue weighted by Gasteiger charge is -2.00. The van der Waals surface area contributed by atoms with Gasteiger partial charge < -0.3 is 4.89 Å². The van der Waals surface area contributed by atoms with Crippen molar-refractivity contribution in [3.8, 4) is 5.75 Å². The quantitative estimate of drug-likeness (QED) is 0.245. The van der Waals surface area contributed by atoms with Crippen LogP contribution in [0.3, 0.4) is 0 Å². The zero-order valence-electron chi connectivity index (χ0n) is 6.94. The monoisotopic (exact) mass is 202 g/mol. The van der Waals surface area contributed by atoms with Gasteiger partial charge in [-0.1, -0.05) is 28.5 Å². The Morgan fingerprint density at radius 1 is 1.17 bits per heavy atom. The first-order valence-corrected chi connectivity index (χ1v) is 5.92. The van der Waals surface area contributed by atoms with Gasteiger partial charge in [0.1, 0.15) is 11.1 Å². The van der Waals surface area contributed by atoms with Gasteiger partial charge in [0.05, 0.1) is 0 Å². The van der Waals surface area contributed by atoms with Gasteiger partial charge in [-0.25, -0.2) is 0 Å². The summed E-state index contributed by atoms with van der Waals surface area (Å²) in [6.07, 6.45) is 1.92. The molecule has 2 nitrogen and oxygen atoms in total. The molecule has 1 rings (SSSR count). The summed E-state index contributed by atoms with van der Waals surface area (Å²) in [5.41, 5.74) is 1.21. The molecule has 66 valence electrons. The summed E-state index contributed by atoms with van der Waals surface area (Å²) in [5, 5.41) is 0. The molecule has 0 atom stereocenters. The summed E-state index contributed by atoms with van der Waals surface area (Å²) in [6, 6.07) is 7.69. The van der Waals surface area contributed by atoms with E-state index in [4.69, 9.17) is 9.22 Å². The Balaban J connectivity index is 2.37. The van der Waals surface area contributed by atoms with Crippen LogP contribution in [0.2, 0.25) is 0 Å². The van der Waals surface area contributed by atoms with E-state index >= 15 is 0 Å². The first-order chi connectivity index (χ1) is 5.83. The van der Waals surface area contributed by atoms with Crippen molar-refractivity contribution in [2.24, 2.45) is 0 Å². The highest BCUT2D eigenvalue weighted by Crippen LogP contribution is 2.20. The molecule has 0 aliphatic carbocycles. The summed E-state index contributed by atoms with van der Waals surface area (Å²) in [5.74, 6) is 0.724. The van der Waals surface area contributed by atoms with Crippen molar-refractivity contribution in [2.45, 2.75) is 6.92 Å². The van der Waals surface area contributed by atoms with Gasteiger partial charge in [0, 0.05) is 0 Å². The molecule has 1 aromatic rings. The molecule has 4 heteroatoms. The Bertz CT molecular complexity index is 223. The Morgan fingerprint density at radius 3 is 2.42 bits per heavy atom. The summed E-state index contributed by atoms with van der Waals surface area (Å²) < 4.78 is 4.79. The number of hydrogen-bond acceptors (Lipinski definition) is 4. The van der Waals surface area contributed by atoms with E-state index in [1.165, 1.54) is 27.4 Å². The van der Waals surface area contributed by atoms with Crippen molar-refractivity contribution in [2.75, 3.05) is 6.26 Å². The molecule has 0 spiro atoms. The van der Waals surface area contributed by atoms with Gasteiger partial charge in [-0.05, 0) is 25.3 Å². The third-order valence-corrected chi connectivity index (χ3v) is 2.08. The van der Waals surface area contributed by atoms with Crippen LogP contribution in [-0.2, 0) is 4.33 Å². The molecule has 0 radical (unpaired) electrons. The van der Waals surface area contributed by atoms with E-state index in [-0.39, 0.29) is 0 Å². The largest absolute Gasteiger partial charge is 0.324 e. The van der Waals surface area contributed by atoms with Gasteiger partial charge in [-0.15, -0.1) is 4.33 Å². The van der Waals surface area contributed by atoms with Crippen LogP contribution in [-0.4, -0.2) is 6.26 Å². The Kier molecular flexibility index (Phi) is 4.35. The lowest BCUT2D eigenvalue weighted by atomic mass is 10.2. The van der Waals surface area contributed by atoms with Gasteiger partial charge >= 0.3 is 0 Å². The van der Waals surface area contributed by atoms with Gasteiger partial charge in [0.2, 0.25) is 0 Å². The lowest BCUT2D eigenvalue weighted by Crippen LogP contribution is -1.87.